The maximum Gasteiger partial charge on any atom is 0.224 e. The molecule has 1 atom stereocenters. The zero-order chi connectivity index (χ0) is 17.6. The molecule has 7 heteroatoms. The molecule has 1 saturated heterocycles. The number of benzene rings is 1. The van der Waals surface area contributed by atoms with Crippen molar-refractivity contribution >= 4 is 5.91 Å². The average Bonchev–Trinajstić information content (AvgIpc) is 3.13. The molecule has 2 heterocycles. The standard InChI is InChI=1S/C18H22F2N4O/c19-16-6-5-15(17(20)10-16)4-3-14-2-1-8-23(11-14)18(25)7-9-24-13-21-12-22-24/h5-6,10,12-14H,1-4,7-9,11H2/t14-/m0/s1. The molecule has 1 amide bonds. The fraction of sp³-hybridized carbons (Fsp3) is 0.500. The number of hydrogen-bond donors (Lipinski definition) is 0. The van der Waals surface area contributed by atoms with Gasteiger partial charge in [-0.2, -0.15) is 5.10 Å². The van der Waals surface area contributed by atoms with Gasteiger partial charge in [0.25, 0.3) is 0 Å². The van der Waals surface area contributed by atoms with Crippen molar-refractivity contribution < 1.29 is 13.6 Å². The first-order valence-electron chi connectivity index (χ1n) is 8.66. The first-order chi connectivity index (χ1) is 12.1. The van der Waals surface area contributed by atoms with Crippen molar-refractivity contribution in [2.45, 2.75) is 38.6 Å². The van der Waals surface area contributed by atoms with Crippen LogP contribution in [-0.2, 0) is 17.8 Å². The largest absolute Gasteiger partial charge is 0.342 e. The number of likely N-dealkylation sites (tertiary alicyclic amines) is 1. The Labute approximate surface area is 145 Å². The molecule has 1 aliphatic heterocycles. The summed E-state index contributed by atoms with van der Waals surface area (Å²) in [5.41, 5.74) is 0.538. The quantitative estimate of drug-likeness (QED) is 0.807. The van der Waals surface area contributed by atoms with E-state index in [0.29, 0.717) is 37.4 Å². The first kappa shape index (κ1) is 17.5. The van der Waals surface area contributed by atoms with Crippen LogP contribution in [0.5, 0.6) is 0 Å². The molecule has 1 aromatic carbocycles. The topological polar surface area (TPSA) is 51.0 Å². The Kier molecular flexibility index (Phi) is 5.73. The van der Waals surface area contributed by atoms with Gasteiger partial charge >= 0.3 is 0 Å². The van der Waals surface area contributed by atoms with Gasteiger partial charge in [0.1, 0.15) is 24.3 Å². The van der Waals surface area contributed by atoms with Gasteiger partial charge in [-0.25, -0.2) is 13.8 Å². The van der Waals surface area contributed by atoms with Crippen molar-refractivity contribution in [1.82, 2.24) is 19.7 Å². The number of halogens is 2. The van der Waals surface area contributed by atoms with E-state index in [9.17, 15) is 13.6 Å². The second kappa shape index (κ2) is 8.18. The van der Waals surface area contributed by atoms with E-state index in [2.05, 4.69) is 10.1 Å². The minimum atomic E-state index is -0.553. The van der Waals surface area contributed by atoms with Crippen LogP contribution >= 0.6 is 0 Å². The summed E-state index contributed by atoms with van der Waals surface area (Å²) in [7, 11) is 0. The summed E-state index contributed by atoms with van der Waals surface area (Å²) >= 11 is 0. The van der Waals surface area contributed by atoms with Gasteiger partial charge in [-0.1, -0.05) is 6.07 Å². The minimum Gasteiger partial charge on any atom is -0.342 e. The Bertz CT molecular complexity index is 705. The maximum absolute atomic E-state index is 13.7. The van der Waals surface area contributed by atoms with E-state index in [1.165, 1.54) is 18.5 Å². The predicted octanol–water partition coefficient (Wildman–Crippen LogP) is 2.82. The second-order valence-electron chi connectivity index (χ2n) is 6.53. The molecule has 0 aliphatic carbocycles. The lowest BCUT2D eigenvalue weighted by Gasteiger charge is -2.33. The molecule has 0 N–H and O–H groups in total. The van der Waals surface area contributed by atoms with Crippen LogP contribution in [-0.4, -0.2) is 38.7 Å². The highest BCUT2D eigenvalue weighted by molar-refractivity contribution is 5.76. The van der Waals surface area contributed by atoms with Crippen molar-refractivity contribution in [3.05, 3.63) is 48.1 Å². The summed E-state index contributed by atoms with van der Waals surface area (Å²) < 4.78 is 28.3. The van der Waals surface area contributed by atoms with Crippen LogP contribution in [0.4, 0.5) is 8.78 Å². The average molecular weight is 348 g/mol. The molecule has 0 saturated carbocycles. The summed E-state index contributed by atoms with van der Waals surface area (Å²) in [5.74, 6) is -0.568. The van der Waals surface area contributed by atoms with Gasteiger partial charge in [0.2, 0.25) is 5.91 Å². The monoisotopic (exact) mass is 348 g/mol. The summed E-state index contributed by atoms with van der Waals surface area (Å²) in [6.45, 7) is 2.01. The van der Waals surface area contributed by atoms with Crippen LogP contribution in [0, 0.1) is 17.6 Å². The van der Waals surface area contributed by atoms with Crippen molar-refractivity contribution in [1.29, 1.82) is 0 Å². The number of aryl methyl sites for hydroxylation is 2. The number of carbonyl (C=O) groups is 1. The van der Waals surface area contributed by atoms with Crippen LogP contribution < -0.4 is 0 Å². The van der Waals surface area contributed by atoms with E-state index in [4.69, 9.17) is 0 Å². The lowest BCUT2D eigenvalue weighted by atomic mass is 9.91. The molecule has 3 rings (SSSR count). The number of nitrogens with zero attached hydrogens (tertiary/aromatic N) is 4. The van der Waals surface area contributed by atoms with Gasteiger partial charge in [-0.05, 0) is 43.2 Å². The van der Waals surface area contributed by atoms with E-state index in [1.807, 2.05) is 4.90 Å². The molecule has 0 bridgehead atoms. The lowest BCUT2D eigenvalue weighted by molar-refractivity contribution is -0.133. The fourth-order valence-electron chi connectivity index (χ4n) is 3.33. The van der Waals surface area contributed by atoms with Crippen molar-refractivity contribution in [3.63, 3.8) is 0 Å². The Hall–Kier alpha value is -2.31. The van der Waals surface area contributed by atoms with Crippen molar-refractivity contribution in [2.24, 2.45) is 5.92 Å². The normalized spacial score (nSPS) is 17.7. The summed E-state index contributed by atoms with van der Waals surface area (Å²) in [6.07, 6.45) is 6.83. The van der Waals surface area contributed by atoms with E-state index in [1.54, 1.807) is 11.0 Å². The third kappa shape index (κ3) is 4.84. The third-order valence-electron chi connectivity index (χ3n) is 4.73. The minimum absolute atomic E-state index is 0.119. The van der Waals surface area contributed by atoms with E-state index in [0.717, 1.165) is 31.9 Å². The molecular weight excluding hydrogens is 326 g/mol. The summed E-state index contributed by atoms with van der Waals surface area (Å²) in [5, 5.41) is 4.00. The molecule has 134 valence electrons. The Morgan fingerprint density at radius 2 is 2.20 bits per heavy atom. The summed E-state index contributed by atoms with van der Waals surface area (Å²) in [4.78, 5) is 18.1. The highest BCUT2D eigenvalue weighted by Crippen LogP contribution is 2.23. The second-order valence-corrected chi connectivity index (χ2v) is 6.53. The molecule has 1 aromatic heterocycles. The van der Waals surface area contributed by atoms with E-state index in [-0.39, 0.29) is 5.91 Å². The lowest BCUT2D eigenvalue weighted by Crippen LogP contribution is -2.40. The van der Waals surface area contributed by atoms with E-state index >= 15 is 0 Å². The molecule has 0 radical (unpaired) electrons. The number of hydrogen-bond acceptors (Lipinski definition) is 3. The third-order valence-corrected chi connectivity index (χ3v) is 4.73. The molecule has 5 nitrogen and oxygen atoms in total. The molecule has 2 aromatic rings. The number of carbonyl (C=O) groups excluding carboxylic acids is 1. The maximum atomic E-state index is 13.7. The van der Waals surface area contributed by atoms with Crippen molar-refractivity contribution in [2.75, 3.05) is 13.1 Å². The Morgan fingerprint density at radius 1 is 1.32 bits per heavy atom. The Morgan fingerprint density at radius 3 is 2.96 bits per heavy atom. The van der Waals surface area contributed by atoms with Crippen LogP contribution in [0.2, 0.25) is 0 Å². The van der Waals surface area contributed by atoms with Crippen LogP contribution in [0.25, 0.3) is 0 Å². The number of rotatable bonds is 6. The Balaban J connectivity index is 1.48. The molecule has 1 fully saturated rings. The van der Waals surface area contributed by atoms with Crippen molar-refractivity contribution in [3.8, 4) is 0 Å². The van der Waals surface area contributed by atoms with Gasteiger partial charge in [0.15, 0.2) is 0 Å². The number of piperidine rings is 1. The van der Waals surface area contributed by atoms with Gasteiger partial charge in [0, 0.05) is 25.6 Å². The van der Waals surface area contributed by atoms with Gasteiger partial charge < -0.3 is 4.90 Å². The zero-order valence-corrected chi connectivity index (χ0v) is 14.1. The predicted molar refractivity (Wildman–Crippen MR) is 88.6 cm³/mol. The molecule has 0 unspecified atom stereocenters. The van der Waals surface area contributed by atoms with Gasteiger partial charge in [-0.15, -0.1) is 0 Å². The van der Waals surface area contributed by atoms with E-state index < -0.39 is 11.6 Å². The number of amides is 1. The molecule has 25 heavy (non-hydrogen) atoms. The summed E-state index contributed by atoms with van der Waals surface area (Å²) in [6, 6.07) is 3.73. The van der Waals surface area contributed by atoms with Gasteiger partial charge in [0.05, 0.1) is 6.54 Å². The highest BCUT2D eigenvalue weighted by atomic mass is 19.1. The molecular formula is C18H22F2N4O. The van der Waals surface area contributed by atoms with Crippen LogP contribution in [0.15, 0.2) is 30.9 Å². The number of aromatic nitrogens is 3. The van der Waals surface area contributed by atoms with Crippen LogP contribution in [0.3, 0.4) is 0 Å². The zero-order valence-electron chi connectivity index (χ0n) is 14.1. The fourth-order valence-corrected chi connectivity index (χ4v) is 3.33. The first-order valence-corrected chi connectivity index (χ1v) is 8.66. The van der Waals surface area contributed by atoms with Gasteiger partial charge in [-0.3, -0.25) is 9.48 Å². The molecule has 1 aliphatic rings. The van der Waals surface area contributed by atoms with Crippen LogP contribution in [0.1, 0.15) is 31.2 Å². The molecule has 0 spiro atoms. The smallest absolute Gasteiger partial charge is 0.224 e. The SMILES string of the molecule is O=C(CCn1cncn1)N1CCC[C@@H](CCc2ccc(F)cc2F)C1. The highest BCUT2D eigenvalue weighted by Gasteiger charge is 2.23.